The van der Waals surface area contributed by atoms with Gasteiger partial charge >= 0.3 is 5.97 Å². The second-order valence-electron chi connectivity index (χ2n) is 8.04. The van der Waals surface area contributed by atoms with Crippen molar-refractivity contribution in [1.82, 2.24) is 9.97 Å². The number of aliphatic imine (C=N–C) groups is 1. The van der Waals surface area contributed by atoms with Crippen LogP contribution in [0.5, 0.6) is 0 Å². The minimum absolute atomic E-state index is 0.103. The Morgan fingerprint density at radius 3 is 2.61 bits per heavy atom. The third kappa shape index (κ3) is 4.58. The van der Waals surface area contributed by atoms with Crippen LogP contribution in [0.2, 0.25) is 0 Å². The number of hydrogen-bond donors (Lipinski definition) is 1. The highest BCUT2D eigenvalue weighted by atomic mass is 127. The Kier molecular flexibility index (Phi) is 6.73. The van der Waals surface area contributed by atoms with Gasteiger partial charge in [0.05, 0.1) is 30.6 Å². The first-order chi connectivity index (χ1) is 17.5. The summed E-state index contributed by atoms with van der Waals surface area (Å²) in [5.74, 6) is -1.93. The fraction of sp³-hybridized carbons (Fsp3) is 0.111. The Morgan fingerprint density at radius 1 is 1.06 bits per heavy atom. The molecule has 1 aromatic heterocycles. The molecule has 1 N–H and O–H groups in total. The number of methoxy groups -OCH3 is 1. The number of esters is 1. The van der Waals surface area contributed by atoms with E-state index in [0.29, 0.717) is 34.2 Å². The molecule has 0 bridgehead atoms. The molecule has 3 aromatic carbocycles. The molecule has 0 aliphatic carbocycles. The van der Waals surface area contributed by atoms with Crippen LogP contribution < -0.4 is 5.32 Å². The molecule has 6 nitrogen and oxygen atoms in total. The van der Waals surface area contributed by atoms with Gasteiger partial charge in [0.1, 0.15) is 0 Å². The lowest BCUT2D eigenvalue weighted by molar-refractivity contribution is 0.0600. The van der Waals surface area contributed by atoms with Gasteiger partial charge in [-0.05, 0) is 48.0 Å². The summed E-state index contributed by atoms with van der Waals surface area (Å²) >= 11 is 2.26. The summed E-state index contributed by atoms with van der Waals surface area (Å²) in [6.45, 7) is 0.211. The molecule has 1 aliphatic heterocycles. The molecule has 0 saturated carbocycles. The highest BCUT2D eigenvalue weighted by Gasteiger charge is 2.24. The van der Waals surface area contributed by atoms with Gasteiger partial charge in [0.15, 0.2) is 11.6 Å². The smallest absolute Gasteiger partial charge is 0.337 e. The largest absolute Gasteiger partial charge is 0.465 e. The van der Waals surface area contributed by atoms with Crippen LogP contribution in [-0.4, -0.2) is 28.8 Å². The maximum atomic E-state index is 14.8. The number of hydrogen-bond acceptors (Lipinski definition) is 6. The number of anilines is 2. The van der Waals surface area contributed by atoms with Crippen LogP contribution in [-0.2, 0) is 15.7 Å². The van der Waals surface area contributed by atoms with Crippen molar-refractivity contribution in [2.24, 2.45) is 4.99 Å². The number of nitrogens with one attached hydrogen (secondary N) is 1. The molecule has 9 heteroatoms. The van der Waals surface area contributed by atoms with Crippen molar-refractivity contribution in [2.75, 3.05) is 12.4 Å². The van der Waals surface area contributed by atoms with E-state index in [2.05, 4.69) is 37.9 Å². The Bertz CT molecular complexity index is 1510. The van der Waals surface area contributed by atoms with Crippen LogP contribution in [0.25, 0.3) is 11.3 Å². The van der Waals surface area contributed by atoms with Crippen molar-refractivity contribution in [3.63, 3.8) is 0 Å². The Balaban J connectivity index is 1.57. The van der Waals surface area contributed by atoms with Crippen LogP contribution in [0, 0.1) is 11.6 Å². The summed E-state index contributed by atoms with van der Waals surface area (Å²) in [7, 11) is 1.33. The molecule has 36 heavy (non-hydrogen) atoms. The van der Waals surface area contributed by atoms with E-state index in [0.717, 1.165) is 27.2 Å². The van der Waals surface area contributed by atoms with E-state index in [4.69, 9.17) is 9.72 Å². The van der Waals surface area contributed by atoms with Crippen molar-refractivity contribution in [2.45, 2.75) is 11.0 Å². The van der Waals surface area contributed by atoms with Gasteiger partial charge in [0.25, 0.3) is 0 Å². The van der Waals surface area contributed by atoms with E-state index in [-0.39, 0.29) is 12.1 Å². The van der Waals surface area contributed by atoms with Crippen molar-refractivity contribution in [1.29, 1.82) is 0 Å². The Morgan fingerprint density at radius 2 is 1.86 bits per heavy atom. The third-order valence-corrected chi connectivity index (χ3v) is 6.67. The van der Waals surface area contributed by atoms with Crippen molar-refractivity contribution in [3.05, 3.63) is 106 Å². The molecule has 1 aliphatic rings. The van der Waals surface area contributed by atoms with E-state index in [1.54, 1.807) is 30.5 Å². The highest BCUT2D eigenvalue weighted by Crippen LogP contribution is 2.34. The number of halogens is 3. The summed E-state index contributed by atoms with van der Waals surface area (Å²) in [5, 5.41) is 3.15. The minimum atomic E-state index is -0.933. The van der Waals surface area contributed by atoms with Gasteiger partial charge in [-0.25, -0.2) is 23.5 Å². The van der Waals surface area contributed by atoms with Gasteiger partial charge in [-0.3, -0.25) is 4.99 Å². The molecule has 0 saturated heterocycles. The van der Waals surface area contributed by atoms with Crippen LogP contribution in [0.15, 0.2) is 71.9 Å². The lowest BCUT2D eigenvalue weighted by Crippen LogP contribution is -2.09. The first-order valence-electron chi connectivity index (χ1n) is 11.0. The van der Waals surface area contributed by atoms with Crippen LogP contribution in [0.4, 0.5) is 20.4 Å². The van der Waals surface area contributed by atoms with Gasteiger partial charge in [0, 0.05) is 38.6 Å². The molecule has 0 fully saturated rings. The summed E-state index contributed by atoms with van der Waals surface area (Å²) in [6.07, 6.45) is 1.68. The topological polar surface area (TPSA) is 76.5 Å². The van der Waals surface area contributed by atoms with Crippen molar-refractivity contribution >= 4 is 45.9 Å². The molecule has 0 amide bonds. The van der Waals surface area contributed by atoms with Crippen LogP contribution in [0.1, 0.15) is 32.6 Å². The van der Waals surface area contributed by atoms with Crippen molar-refractivity contribution in [3.8, 4) is 11.3 Å². The number of carbonyl (C=O) groups is 1. The molecule has 180 valence electrons. The zero-order valence-electron chi connectivity index (χ0n) is 19.1. The third-order valence-electron chi connectivity index (χ3n) is 5.79. The monoisotopic (exact) mass is 596 g/mol. The second-order valence-corrected chi connectivity index (χ2v) is 8.80. The minimum Gasteiger partial charge on any atom is -0.465 e. The van der Waals surface area contributed by atoms with Crippen LogP contribution in [0.3, 0.4) is 0 Å². The normalized spacial score (nSPS) is 12.2. The molecule has 4 aromatic rings. The SMILES string of the molecule is COC(=O)c1ccc(Nc2ncc3c(n2)-c2ccc(CI)cc2C(c2cccc(F)c2F)=NC3)cc1. The lowest BCUT2D eigenvalue weighted by Gasteiger charge is -2.14. The van der Waals surface area contributed by atoms with E-state index in [1.165, 1.54) is 19.2 Å². The first kappa shape index (κ1) is 24.0. The number of alkyl halides is 1. The molecule has 0 radical (unpaired) electrons. The number of fused-ring (bicyclic) bond motifs is 3. The van der Waals surface area contributed by atoms with E-state index in [9.17, 15) is 13.6 Å². The molecule has 0 atom stereocenters. The Labute approximate surface area is 219 Å². The average Bonchev–Trinajstić information content (AvgIpc) is 3.06. The summed E-state index contributed by atoms with van der Waals surface area (Å²) < 4.78 is 34.4. The molecular weight excluding hydrogens is 577 g/mol. The predicted molar refractivity (Wildman–Crippen MR) is 142 cm³/mol. The van der Waals surface area contributed by atoms with Gasteiger partial charge in [-0.2, -0.15) is 0 Å². The highest BCUT2D eigenvalue weighted by molar-refractivity contribution is 14.1. The molecule has 0 unspecified atom stereocenters. The number of benzene rings is 3. The summed E-state index contributed by atoms with van der Waals surface area (Å²) in [4.78, 5) is 25.5. The van der Waals surface area contributed by atoms with Gasteiger partial charge in [-0.1, -0.05) is 40.8 Å². The summed E-state index contributed by atoms with van der Waals surface area (Å²) in [6, 6.07) is 16.7. The zero-order chi connectivity index (χ0) is 25.2. The maximum Gasteiger partial charge on any atom is 0.337 e. The van der Waals surface area contributed by atoms with Crippen molar-refractivity contribution < 1.29 is 18.3 Å². The maximum absolute atomic E-state index is 14.8. The van der Waals surface area contributed by atoms with E-state index < -0.39 is 17.6 Å². The fourth-order valence-electron chi connectivity index (χ4n) is 4.00. The number of ether oxygens (including phenoxy) is 1. The molecule has 2 heterocycles. The lowest BCUT2D eigenvalue weighted by atomic mass is 9.93. The number of nitrogens with zero attached hydrogens (tertiary/aromatic N) is 3. The number of aromatic nitrogens is 2. The Hall–Kier alpha value is -3.73. The van der Waals surface area contributed by atoms with Crippen LogP contribution >= 0.6 is 22.6 Å². The first-order valence-corrected chi connectivity index (χ1v) is 12.5. The van der Waals surface area contributed by atoms with Gasteiger partial charge in [0.2, 0.25) is 5.95 Å². The van der Waals surface area contributed by atoms with E-state index in [1.807, 2.05) is 18.2 Å². The van der Waals surface area contributed by atoms with Gasteiger partial charge in [-0.15, -0.1) is 0 Å². The fourth-order valence-corrected chi connectivity index (χ4v) is 4.47. The molecule has 0 spiro atoms. The number of rotatable bonds is 5. The molecular formula is C27H19F2IN4O2. The quantitative estimate of drug-likeness (QED) is 0.168. The van der Waals surface area contributed by atoms with E-state index >= 15 is 0 Å². The zero-order valence-corrected chi connectivity index (χ0v) is 21.2. The number of carbonyl (C=O) groups excluding carboxylic acids is 1. The average molecular weight is 596 g/mol. The van der Waals surface area contributed by atoms with Gasteiger partial charge < -0.3 is 10.1 Å². The predicted octanol–water partition coefficient (Wildman–Crippen LogP) is 6.24. The summed E-state index contributed by atoms with van der Waals surface area (Å²) in [5.41, 5.74) is 5.48. The molecule has 5 rings (SSSR count). The second kappa shape index (κ2) is 10.1. The standard InChI is InChI=1S/C27H19F2IN4O2/c1-36-26(35)16-6-8-18(9-7-16)33-27-32-14-17-13-31-25(20-3-2-4-22(28)23(20)29)21-11-15(12-30)5-10-19(21)24(17)34-27/h2-11,14H,12-13H2,1H3,(H,32,33,34).